The molecule has 222 valence electrons. The lowest BCUT2D eigenvalue weighted by molar-refractivity contribution is -0.138. The third kappa shape index (κ3) is 9.05. The van der Waals surface area contributed by atoms with Crippen molar-refractivity contribution in [1.82, 2.24) is 9.80 Å². The fourth-order valence-electron chi connectivity index (χ4n) is 3.98. The highest BCUT2D eigenvalue weighted by Crippen LogP contribution is 2.33. The van der Waals surface area contributed by atoms with Gasteiger partial charge in [0.25, 0.3) is 0 Å². The van der Waals surface area contributed by atoms with E-state index in [-0.39, 0.29) is 24.9 Å². The van der Waals surface area contributed by atoms with Gasteiger partial charge in [0.1, 0.15) is 11.9 Å². The zero-order valence-corrected chi connectivity index (χ0v) is 21.2. The number of benzene rings is 2. The van der Waals surface area contributed by atoms with E-state index in [4.69, 9.17) is 14.9 Å². The molecule has 2 amide bonds. The molecule has 15 heteroatoms. The van der Waals surface area contributed by atoms with Crippen molar-refractivity contribution >= 4 is 23.7 Å². The van der Waals surface area contributed by atoms with Crippen LogP contribution in [0.2, 0.25) is 0 Å². The summed E-state index contributed by atoms with van der Waals surface area (Å²) in [6.07, 6.45) is -8.16. The molecule has 2 aromatic rings. The molecule has 0 atom stereocenters. The predicted octanol–water partition coefficient (Wildman–Crippen LogP) is 4.44. The Kier molecular flexibility index (Phi) is 9.73. The summed E-state index contributed by atoms with van der Waals surface area (Å²) in [5.41, 5.74) is -1.06. The Balaban J connectivity index is 0.000000507. The molecule has 0 aliphatic carbocycles. The molecule has 2 fully saturated rings. The second kappa shape index (κ2) is 12.8. The van der Waals surface area contributed by atoms with Crippen molar-refractivity contribution in [1.29, 1.82) is 0 Å². The van der Waals surface area contributed by atoms with Gasteiger partial charge < -0.3 is 29.6 Å². The van der Waals surface area contributed by atoms with Gasteiger partial charge in [-0.15, -0.1) is 0 Å². The number of nitrogens with zero attached hydrogens (tertiary/aromatic N) is 3. The summed E-state index contributed by atoms with van der Waals surface area (Å²) in [5, 5.41) is 15.6. The highest BCUT2D eigenvalue weighted by Gasteiger charge is 2.37. The number of carbonyl (C=O) groups excluding carboxylic acids is 1. The van der Waals surface area contributed by atoms with Crippen molar-refractivity contribution in [2.45, 2.75) is 18.5 Å². The number of anilines is 1. The maximum Gasteiger partial charge on any atom is 0.416 e. The number of amides is 2. The van der Waals surface area contributed by atoms with E-state index in [2.05, 4.69) is 0 Å². The molecule has 9 nitrogen and oxygen atoms in total. The van der Waals surface area contributed by atoms with Gasteiger partial charge in [0, 0.05) is 44.0 Å². The number of hydrogen-bond donors (Lipinski definition) is 2. The standard InChI is InChI=1S/C22H21F6N3O2.C4H4O4/c23-21(24,25)15-3-1-5-17(11-15)29-7-9-30(10-8-29)20(32)31-13-19(14-31)33-18-6-2-4-16(12-18)22(26,27)28;5-3(6)1-2-4(7)8/h1-6,11-12,19H,7-10,13-14H2;1-2H,(H,5,6)(H,7,8)/b;2-1+. The van der Waals surface area contributed by atoms with Gasteiger partial charge in [-0.3, -0.25) is 0 Å². The number of piperazine rings is 1. The van der Waals surface area contributed by atoms with Crippen molar-refractivity contribution in [3.05, 3.63) is 71.8 Å². The molecular formula is C26H25F6N3O6. The zero-order valence-electron chi connectivity index (χ0n) is 21.2. The second-order valence-electron chi connectivity index (χ2n) is 8.98. The highest BCUT2D eigenvalue weighted by atomic mass is 19.4. The molecule has 0 unspecified atom stereocenters. The van der Waals surface area contributed by atoms with Crippen molar-refractivity contribution < 1.29 is 55.7 Å². The average Bonchev–Trinajstić information content (AvgIpc) is 2.89. The zero-order chi connectivity index (χ0) is 30.4. The summed E-state index contributed by atoms with van der Waals surface area (Å²) in [6, 6.07) is 9.46. The molecule has 2 saturated heterocycles. The number of carboxylic acid groups (broad SMARTS) is 2. The van der Waals surface area contributed by atoms with Crippen molar-refractivity contribution in [3.8, 4) is 5.75 Å². The molecule has 4 rings (SSSR count). The molecule has 0 spiro atoms. The van der Waals surface area contributed by atoms with E-state index in [1.807, 2.05) is 0 Å². The van der Waals surface area contributed by atoms with Gasteiger partial charge in [0.05, 0.1) is 24.2 Å². The number of hydrogen-bond acceptors (Lipinski definition) is 5. The minimum absolute atomic E-state index is 0.0941. The average molecular weight is 589 g/mol. The van der Waals surface area contributed by atoms with Crippen molar-refractivity contribution in [2.24, 2.45) is 0 Å². The first-order valence-corrected chi connectivity index (χ1v) is 12.1. The number of halogens is 6. The smallest absolute Gasteiger partial charge is 0.416 e. The lowest BCUT2D eigenvalue weighted by atomic mass is 10.1. The number of likely N-dealkylation sites (tertiary alicyclic amines) is 1. The summed E-state index contributed by atoms with van der Waals surface area (Å²) in [5.74, 6) is -2.42. The van der Waals surface area contributed by atoms with E-state index in [0.717, 1.165) is 24.3 Å². The van der Waals surface area contributed by atoms with Gasteiger partial charge in [-0.1, -0.05) is 12.1 Å². The third-order valence-electron chi connectivity index (χ3n) is 6.04. The molecule has 0 radical (unpaired) electrons. The lowest BCUT2D eigenvalue weighted by Gasteiger charge is -2.44. The van der Waals surface area contributed by atoms with E-state index in [0.29, 0.717) is 44.0 Å². The van der Waals surface area contributed by atoms with Crippen LogP contribution in [-0.2, 0) is 21.9 Å². The Morgan fingerprint density at radius 2 is 1.27 bits per heavy atom. The minimum Gasteiger partial charge on any atom is -0.487 e. The number of urea groups is 1. The van der Waals surface area contributed by atoms with E-state index in [9.17, 15) is 40.7 Å². The molecule has 41 heavy (non-hydrogen) atoms. The van der Waals surface area contributed by atoms with Crippen LogP contribution in [0.1, 0.15) is 11.1 Å². The first kappa shape index (κ1) is 31.1. The summed E-state index contributed by atoms with van der Waals surface area (Å²) < 4.78 is 82.8. The van der Waals surface area contributed by atoms with Crippen molar-refractivity contribution in [3.63, 3.8) is 0 Å². The van der Waals surface area contributed by atoms with E-state index < -0.39 is 41.5 Å². The molecule has 0 aromatic heterocycles. The Bertz CT molecular complexity index is 1250. The summed E-state index contributed by atoms with van der Waals surface area (Å²) in [6.45, 7) is 2.00. The Morgan fingerprint density at radius 3 is 1.78 bits per heavy atom. The normalized spacial score (nSPS) is 16.1. The second-order valence-corrected chi connectivity index (χ2v) is 8.98. The number of carbonyl (C=O) groups is 3. The molecule has 2 N–H and O–H groups in total. The fraction of sp³-hybridized carbons (Fsp3) is 0.346. The van der Waals surface area contributed by atoms with Gasteiger partial charge in [-0.2, -0.15) is 26.3 Å². The Morgan fingerprint density at radius 1 is 0.756 bits per heavy atom. The van der Waals surface area contributed by atoms with E-state index in [1.165, 1.54) is 23.1 Å². The Labute approximate surface area is 229 Å². The number of aliphatic carboxylic acids is 2. The topological polar surface area (TPSA) is 111 Å². The van der Waals surface area contributed by atoms with Crippen LogP contribution in [0, 0.1) is 0 Å². The monoisotopic (exact) mass is 589 g/mol. The first-order chi connectivity index (χ1) is 19.1. The molecule has 2 heterocycles. The van der Waals surface area contributed by atoms with Crippen LogP contribution in [0.5, 0.6) is 5.75 Å². The van der Waals surface area contributed by atoms with Crippen LogP contribution in [0.15, 0.2) is 60.7 Å². The van der Waals surface area contributed by atoms with Gasteiger partial charge in [0.2, 0.25) is 0 Å². The summed E-state index contributed by atoms with van der Waals surface area (Å²) in [4.78, 5) is 36.7. The molecule has 0 bridgehead atoms. The summed E-state index contributed by atoms with van der Waals surface area (Å²) in [7, 11) is 0. The van der Waals surface area contributed by atoms with Gasteiger partial charge in [-0.25, -0.2) is 14.4 Å². The van der Waals surface area contributed by atoms with Crippen LogP contribution in [0.25, 0.3) is 0 Å². The molecular weight excluding hydrogens is 564 g/mol. The SMILES string of the molecule is O=C(N1CCN(c2cccc(C(F)(F)F)c2)CC1)N1CC(Oc2cccc(C(F)(F)F)c2)C1.O=C(O)/C=C/C(=O)O. The largest absolute Gasteiger partial charge is 0.487 e. The van der Waals surface area contributed by atoms with E-state index in [1.54, 1.807) is 15.9 Å². The van der Waals surface area contributed by atoms with Gasteiger partial charge >= 0.3 is 30.3 Å². The van der Waals surface area contributed by atoms with E-state index >= 15 is 0 Å². The molecule has 2 aliphatic heterocycles. The Hall–Kier alpha value is -4.43. The molecule has 0 saturated carbocycles. The molecule has 2 aliphatic rings. The maximum atomic E-state index is 12.9. The quantitative estimate of drug-likeness (QED) is 0.392. The first-order valence-electron chi connectivity index (χ1n) is 12.1. The number of carboxylic acids is 2. The highest BCUT2D eigenvalue weighted by molar-refractivity contribution is 5.89. The maximum absolute atomic E-state index is 12.9. The predicted molar refractivity (Wildman–Crippen MR) is 132 cm³/mol. The van der Waals surface area contributed by atoms with Gasteiger partial charge in [0.15, 0.2) is 0 Å². The number of ether oxygens (including phenoxy) is 1. The summed E-state index contributed by atoms with van der Waals surface area (Å²) >= 11 is 0. The van der Waals surface area contributed by atoms with Crippen LogP contribution in [-0.4, -0.2) is 83.4 Å². The van der Waals surface area contributed by atoms with Crippen LogP contribution in [0.3, 0.4) is 0 Å². The third-order valence-corrected chi connectivity index (χ3v) is 6.04. The molecule has 2 aromatic carbocycles. The van der Waals surface area contributed by atoms with Crippen LogP contribution >= 0.6 is 0 Å². The van der Waals surface area contributed by atoms with Gasteiger partial charge in [-0.05, 0) is 36.4 Å². The number of rotatable bonds is 5. The minimum atomic E-state index is -4.46. The fourth-order valence-corrected chi connectivity index (χ4v) is 3.98. The van der Waals surface area contributed by atoms with Crippen LogP contribution < -0.4 is 9.64 Å². The number of alkyl halides is 6. The lowest BCUT2D eigenvalue weighted by Crippen LogP contribution is -2.61. The van der Waals surface area contributed by atoms with Crippen molar-refractivity contribution in [2.75, 3.05) is 44.2 Å². The van der Waals surface area contributed by atoms with Crippen LogP contribution in [0.4, 0.5) is 36.8 Å².